The zero-order valence-electron chi connectivity index (χ0n) is 13.8. The molecular weight excluding hydrogens is 353 g/mol. The minimum atomic E-state index is -4.56. The lowest BCUT2D eigenvalue weighted by atomic mass is 10.1. The van der Waals surface area contributed by atoms with Crippen LogP contribution in [0.4, 0.5) is 13.2 Å². The molecule has 2 rings (SSSR count). The number of amides is 3. The van der Waals surface area contributed by atoms with Gasteiger partial charge in [0.05, 0.1) is 18.7 Å². The standard InChI is InChI=1S/C16H19F3N4O3/c17-16(18,19)11-3-1-2-10(6-11)15(26)22-8-13(24)21-9-14(25)23-12-4-5-20-7-12/h1-3,6,12,20H,4-5,7-9H2,(H,21,24)(H,22,26)(H,23,25)/t12-/m1/s1. The molecular formula is C16H19F3N4O3. The van der Waals surface area contributed by atoms with Crippen LogP contribution in [0.2, 0.25) is 0 Å². The van der Waals surface area contributed by atoms with Gasteiger partial charge in [-0.25, -0.2) is 0 Å². The van der Waals surface area contributed by atoms with Gasteiger partial charge in [0.25, 0.3) is 5.91 Å². The molecule has 1 atom stereocenters. The van der Waals surface area contributed by atoms with Crippen molar-refractivity contribution in [3.8, 4) is 0 Å². The summed E-state index contributed by atoms with van der Waals surface area (Å²) in [5.74, 6) is -1.78. The number of halogens is 3. The Morgan fingerprint density at radius 1 is 1.12 bits per heavy atom. The van der Waals surface area contributed by atoms with E-state index >= 15 is 0 Å². The summed E-state index contributed by atoms with van der Waals surface area (Å²) >= 11 is 0. The van der Waals surface area contributed by atoms with Crippen LogP contribution in [-0.4, -0.2) is 49.9 Å². The molecule has 0 aromatic heterocycles. The van der Waals surface area contributed by atoms with Gasteiger partial charge in [-0.2, -0.15) is 13.2 Å². The smallest absolute Gasteiger partial charge is 0.351 e. The number of nitrogens with one attached hydrogen (secondary N) is 4. The summed E-state index contributed by atoms with van der Waals surface area (Å²) in [6.45, 7) is 0.799. The third-order valence-corrected chi connectivity index (χ3v) is 3.73. The van der Waals surface area contributed by atoms with E-state index in [1.807, 2.05) is 0 Å². The van der Waals surface area contributed by atoms with Crippen LogP contribution in [-0.2, 0) is 15.8 Å². The van der Waals surface area contributed by atoms with Crippen molar-refractivity contribution in [3.63, 3.8) is 0 Å². The van der Waals surface area contributed by atoms with Crippen LogP contribution in [0.25, 0.3) is 0 Å². The highest BCUT2D eigenvalue weighted by Crippen LogP contribution is 2.29. The summed E-state index contributed by atoms with van der Waals surface area (Å²) in [6.07, 6.45) is -3.75. The summed E-state index contributed by atoms with van der Waals surface area (Å²) in [6, 6.07) is 3.91. The van der Waals surface area contributed by atoms with Crippen LogP contribution >= 0.6 is 0 Å². The van der Waals surface area contributed by atoms with Crippen LogP contribution in [0.5, 0.6) is 0 Å². The average molecular weight is 372 g/mol. The first-order valence-corrected chi connectivity index (χ1v) is 7.98. The van der Waals surface area contributed by atoms with Gasteiger partial charge in [0.2, 0.25) is 11.8 Å². The van der Waals surface area contributed by atoms with E-state index in [0.29, 0.717) is 12.6 Å². The van der Waals surface area contributed by atoms with Crippen molar-refractivity contribution in [1.29, 1.82) is 0 Å². The Labute approximate surface area is 147 Å². The molecule has 0 saturated carbocycles. The highest BCUT2D eigenvalue weighted by atomic mass is 19.4. The molecule has 0 aliphatic carbocycles. The van der Waals surface area contributed by atoms with Crippen LogP contribution in [0, 0.1) is 0 Å². The molecule has 1 heterocycles. The topological polar surface area (TPSA) is 99.3 Å². The zero-order valence-corrected chi connectivity index (χ0v) is 13.8. The van der Waals surface area contributed by atoms with Gasteiger partial charge in [0.15, 0.2) is 0 Å². The van der Waals surface area contributed by atoms with Gasteiger partial charge in [-0.15, -0.1) is 0 Å². The van der Waals surface area contributed by atoms with Crippen LogP contribution in [0.1, 0.15) is 22.3 Å². The fourth-order valence-electron chi connectivity index (χ4n) is 2.40. The van der Waals surface area contributed by atoms with Gasteiger partial charge in [-0.3, -0.25) is 14.4 Å². The molecule has 1 fully saturated rings. The van der Waals surface area contributed by atoms with E-state index in [2.05, 4.69) is 21.3 Å². The van der Waals surface area contributed by atoms with Crippen molar-refractivity contribution in [2.45, 2.75) is 18.6 Å². The molecule has 1 aromatic carbocycles. The van der Waals surface area contributed by atoms with E-state index in [4.69, 9.17) is 0 Å². The molecule has 1 aromatic rings. The van der Waals surface area contributed by atoms with Gasteiger partial charge < -0.3 is 21.3 Å². The van der Waals surface area contributed by atoms with Crippen molar-refractivity contribution >= 4 is 17.7 Å². The minimum Gasteiger partial charge on any atom is -0.351 e. The number of carbonyl (C=O) groups is 3. The van der Waals surface area contributed by atoms with Crippen molar-refractivity contribution in [2.75, 3.05) is 26.2 Å². The molecule has 0 unspecified atom stereocenters. The lowest BCUT2D eigenvalue weighted by Crippen LogP contribution is -2.45. The number of alkyl halides is 3. The fourth-order valence-corrected chi connectivity index (χ4v) is 2.40. The highest BCUT2D eigenvalue weighted by Gasteiger charge is 2.30. The Balaban J connectivity index is 1.74. The van der Waals surface area contributed by atoms with Gasteiger partial charge in [0, 0.05) is 18.2 Å². The van der Waals surface area contributed by atoms with Gasteiger partial charge >= 0.3 is 6.18 Å². The van der Waals surface area contributed by atoms with Crippen LogP contribution in [0.3, 0.4) is 0 Å². The van der Waals surface area contributed by atoms with E-state index in [9.17, 15) is 27.6 Å². The molecule has 7 nitrogen and oxygen atoms in total. The van der Waals surface area contributed by atoms with Crippen molar-refractivity contribution in [1.82, 2.24) is 21.3 Å². The zero-order chi connectivity index (χ0) is 19.2. The second-order valence-corrected chi connectivity index (χ2v) is 5.80. The monoisotopic (exact) mass is 372 g/mol. The Morgan fingerprint density at radius 3 is 2.50 bits per heavy atom. The Kier molecular flexibility index (Phi) is 6.56. The second kappa shape index (κ2) is 8.65. The first kappa shape index (κ1) is 19.7. The number of rotatable bonds is 6. The molecule has 142 valence electrons. The predicted octanol–water partition coefficient (Wildman–Crippen LogP) is 0.0295. The Hall–Kier alpha value is -2.62. The minimum absolute atomic E-state index is 0.0278. The lowest BCUT2D eigenvalue weighted by Gasteiger charge is -2.12. The van der Waals surface area contributed by atoms with Gasteiger partial charge in [-0.1, -0.05) is 6.07 Å². The molecule has 0 radical (unpaired) electrons. The van der Waals surface area contributed by atoms with Crippen LogP contribution in [0.15, 0.2) is 24.3 Å². The third kappa shape index (κ3) is 6.03. The molecule has 1 aliphatic heterocycles. The quantitative estimate of drug-likeness (QED) is 0.566. The first-order chi connectivity index (χ1) is 12.3. The van der Waals surface area contributed by atoms with Gasteiger partial charge in [0.1, 0.15) is 0 Å². The first-order valence-electron chi connectivity index (χ1n) is 7.98. The van der Waals surface area contributed by atoms with E-state index < -0.39 is 30.1 Å². The molecule has 1 aliphatic rings. The predicted molar refractivity (Wildman–Crippen MR) is 86.2 cm³/mol. The summed E-state index contributed by atoms with van der Waals surface area (Å²) in [5, 5.41) is 10.4. The Morgan fingerprint density at radius 2 is 1.85 bits per heavy atom. The normalized spacial score (nSPS) is 16.8. The number of hydrogen-bond acceptors (Lipinski definition) is 4. The largest absolute Gasteiger partial charge is 0.416 e. The maximum absolute atomic E-state index is 12.6. The molecule has 26 heavy (non-hydrogen) atoms. The summed E-state index contributed by atoms with van der Waals surface area (Å²) in [7, 11) is 0. The summed E-state index contributed by atoms with van der Waals surface area (Å²) in [5.41, 5.74) is -1.16. The van der Waals surface area contributed by atoms with Crippen molar-refractivity contribution in [3.05, 3.63) is 35.4 Å². The van der Waals surface area contributed by atoms with E-state index in [1.165, 1.54) is 6.07 Å². The SMILES string of the molecule is O=C(CNC(=O)c1cccc(C(F)(F)F)c1)NCC(=O)N[C@@H]1CCNC1. The number of hydrogen-bond donors (Lipinski definition) is 4. The fraction of sp³-hybridized carbons (Fsp3) is 0.438. The maximum Gasteiger partial charge on any atom is 0.416 e. The van der Waals surface area contributed by atoms with Crippen LogP contribution < -0.4 is 21.3 Å². The van der Waals surface area contributed by atoms with E-state index in [-0.39, 0.29) is 24.1 Å². The molecule has 3 amide bonds. The van der Waals surface area contributed by atoms with E-state index in [1.54, 1.807) is 0 Å². The highest BCUT2D eigenvalue weighted by molar-refractivity contribution is 5.97. The maximum atomic E-state index is 12.6. The summed E-state index contributed by atoms with van der Waals surface area (Å²) < 4.78 is 37.9. The number of benzene rings is 1. The number of carbonyl (C=O) groups excluding carboxylic acids is 3. The second-order valence-electron chi connectivity index (χ2n) is 5.80. The van der Waals surface area contributed by atoms with E-state index in [0.717, 1.165) is 25.1 Å². The van der Waals surface area contributed by atoms with Crippen molar-refractivity contribution in [2.24, 2.45) is 0 Å². The lowest BCUT2D eigenvalue weighted by molar-refractivity contribution is -0.137. The molecule has 1 saturated heterocycles. The Bertz CT molecular complexity index is 673. The molecule has 0 bridgehead atoms. The molecule has 10 heteroatoms. The average Bonchev–Trinajstić information content (AvgIpc) is 3.10. The summed E-state index contributed by atoms with van der Waals surface area (Å²) in [4.78, 5) is 35.1. The molecule has 0 spiro atoms. The molecule has 4 N–H and O–H groups in total. The van der Waals surface area contributed by atoms with Gasteiger partial charge in [-0.05, 0) is 31.2 Å². The van der Waals surface area contributed by atoms with Crippen molar-refractivity contribution < 1.29 is 27.6 Å². The third-order valence-electron chi connectivity index (χ3n) is 3.73.